The average molecular weight is 347 g/mol. The predicted molar refractivity (Wildman–Crippen MR) is 88.5 cm³/mol. The molecule has 8 heteroatoms. The third kappa shape index (κ3) is 7.35. The zero-order valence-corrected chi connectivity index (χ0v) is 14.3. The van der Waals surface area contributed by atoms with Crippen molar-refractivity contribution in [1.29, 1.82) is 5.26 Å². The van der Waals surface area contributed by atoms with Gasteiger partial charge in [-0.25, -0.2) is 4.79 Å². The number of carbonyl (C=O) groups excluding carboxylic acids is 3. The van der Waals surface area contributed by atoms with Gasteiger partial charge in [0.25, 0.3) is 5.91 Å². The molecule has 0 radical (unpaired) electrons. The van der Waals surface area contributed by atoms with Gasteiger partial charge in [0.05, 0.1) is 18.2 Å². The molecule has 0 saturated carbocycles. The molecule has 0 fully saturated rings. The highest BCUT2D eigenvalue weighted by Gasteiger charge is 2.17. The number of likely N-dealkylation sites (N-methyl/N-ethyl adjacent to an activating group) is 2. The minimum atomic E-state index is -0.702. The molecule has 2 amide bonds. The summed E-state index contributed by atoms with van der Waals surface area (Å²) in [7, 11) is 0. The van der Waals surface area contributed by atoms with Crippen LogP contribution in [-0.2, 0) is 19.1 Å². The molecule has 0 spiro atoms. The fourth-order valence-electron chi connectivity index (χ4n) is 1.85. The second-order valence-corrected chi connectivity index (χ2v) is 4.95. The lowest BCUT2D eigenvalue weighted by Crippen LogP contribution is -2.42. The van der Waals surface area contributed by atoms with Crippen LogP contribution in [0, 0.1) is 11.3 Å². The van der Waals surface area contributed by atoms with E-state index < -0.39 is 18.5 Å². The number of benzene rings is 1. The lowest BCUT2D eigenvalue weighted by atomic mass is 10.2. The number of carbonyl (C=O) groups is 3. The highest BCUT2D eigenvalue weighted by molar-refractivity contribution is 5.86. The van der Waals surface area contributed by atoms with Gasteiger partial charge in [0.1, 0.15) is 5.75 Å². The summed E-state index contributed by atoms with van der Waals surface area (Å²) in [6.45, 7) is 3.42. The zero-order chi connectivity index (χ0) is 18.7. The standard InChI is InChI=1S/C17H21N3O5/c1-3-19-15(21)10-20(4-2)16(22)11-25-17(23)12-24-14-7-5-13(9-18)6-8-14/h5-8H,3-4,10-12H2,1-2H3,(H,19,21). The molecule has 1 aromatic rings. The highest BCUT2D eigenvalue weighted by atomic mass is 16.6. The molecular weight excluding hydrogens is 326 g/mol. The smallest absolute Gasteiger partial charge is 0.344 e. The van der Waals surface area contributed by atoms with E-state index in [1.807, 2.05) is 6.07 Å². The Balaban J connectivity index is 2.37. The van der Waals surface area contributed by atoms with Crippen LogP contribution in [0.5, 0.6) is 5.75 Å². The molecule has 134 valence electrons. The quantitative estimate of drug-likeness (QED) is 0.650. The van der Waals surface area contributed by atoms with Crippen LogP contribution in [0.15, 0.2) is 24.3 Å². The fourth-order valence-corrected chi connectivity index (χ4v) is 1.85. The van der Waals surface area contributed by atoms with E-state index in [2.05, 4.69) is 5.32 Å². The van der Waals surface area contributed by atoms with Gasteiger partial charge < -0.3 is 19.7 Å². The number of esters is 1. The number of nitrogens with zero attached hydrogens (tertiary/aromatic N) is 2. The van der Waals surface area contributed by atoms with E-state index in [1.54, 1.807) is 38.1 Å². The molecule has 1 rings (SSSR count). The van der Waals surface area contributed by atoms with Crippen molar-refractivity contribution < 1.29 is 23.9 Å². The van der Waals surface area contributed by atoms with E-state index in [-0.39, 0.29) is 19.1 Å². The Kier molecular flexibility index (Phi) is 8.50. The van der Waals surface area contributed by atoms with E-state index in [0.29, 0.717) is 24.4 Å². The van der Waals surface area contributed by atoms with Crippen LogP contribution in [-0.4, -0.2) is 55.5 Å². The third-order valence-electron chi connectivity index (χ3n) is 3.14. The molecule has 0 aliphatic carbocycles. The monoisotopic (exact) mass is 347 g/mol. The lowest BCUT2D eigenvalue weighted by molar-refractivity contribution is -0.154. The summed E-state index contributed by atoms with van der Waals surface area (Å²) in [5, 5.41) is 11.3. The van der Waals surface area contributed by atoms with Crippen molar-refractivity contribution in [1.82, 2.24) is 10.2 Å². The topological polar surface area (TPSA) is 109 Å². The van der Waals surface area contributed by atoms with Gasteiger partial charge in [0.15, 0.2) is 13.2 Å². The first-order valence-corrected chi connectivity index (χ1v) is 7.83. The van der Waals surface area contributed by atoms with Gasteiger partial charge in [-0.1, -0.05) is 0 Å². The van der Waals surface area contributed by atoms with E-state index in [4.69, 9.17) is 14.7 Å². The van der Waals surface area contributed by atoms with Crippen molar-refractivity contribution in [3.63, 3.8) is 0 Å². The Hall–Kier alpha value is -3.08. The molecule has 0 heterocycles. The predicted octanol–water partition coefficient (Wildman–Crippen LogP) is 0.465. The number of hydrogen-bond acceptors (Lipinski definition) is 6. The number of hydrogen-bond donors (Lipinski definition) is 1. The van der Waals surface area contributed by atoms with Gasteiger partial charge in [-0.05, 0) is 38.1 Å². The minimum Gasteiger partial charge on any atom is -0.482 e. The maximum absolute atomic E-state index is 12.0. The summed E-state index contributed by atoms with van der Waals surface area (Å²) in [6, 6.07) is 8.21. The van der Waals surface area contributed by atoms with Gasteiger partial charge in [-0.2, -0.15) is 5.26 Å². The van der Waals surface area contributed by atoms with Crippen molar-refractivity contribution >= 4 is 17.8 Å². The molecular formula is C17H21N3O5. The molecule has 8 nitrogen and oxygen atoms in total. The van der Waals surface area contributed by atoms with Crippen LogP contribution in [0.1, 0.15) is 19.4 Å². The first-order valence-electron chi connectivity index (χ1n) is 7.83. The first-order chi connectivity index (χ1) is 12.0. The summed E-state index contributed by atoms with van der Waals surface area (Å²) in [5.74, 6) is -1.02. The second-order valence-electron chi connectivity index (χ2n) is 4.95. The Morgan fingerprint density at radius 2 is 1.84 bits per heavy atom. The summed E-state index contributed by atoms with van der Waals surface area (Å²) in [6.07, 6.45) is 0. The number of nitriles is 1. The average Bonchev–Trinajstić information content (AvgIpc) is 2.63. The Morgan fingerprint density at radius 1 is 1.16 bits per heavy atom. The van der Waals surface area contributed by atoms with Crippen LogP contribution in [0.25, 0.3) is 0 Å². The SMILES string of the molecule is CCNC(=O)CN(CC)C(=O)COC(=O)COc1ccc(C#N)cc1. The van der Waals surface area contributed by atoms with E-state index in [9.17, 15) is 14.4 Å². The zero-order valence-electron chi connectivity index (χ0n) is 14.3. The maximum atomic E-state index is 12.0. The van der Waals surface area contributed by atoms with Gasteiger partial charge in [-0.3, -0.25) is 9.59 Å². The van der Waals surface area contributed by atoms with Gasteiger partial charge in [0.2, 0.25) is 5.91 Å². The number of amides is 2. The van der Waals surface area contributed by atoms with Crippen molar-refractivity contribution in [2.45, 2.75) is 13.8 Å². The van der Waals surface area contributed by atoms with E-state index in [1.165, 1.54) is 4.90 Å². The third-order valence-corrected chi connectivity index (χ3v) is 3.14. The van der Waals surface area contributed by atoms with Gasteiger partial charge in [0, 0.05) is 13.1 Å². The molecule has 0 bridgehead atoms. The molecule has 0 atom stereocenters. The van der Waals surface area contributed by atoms with Crippen LogP contribution in [0.4, 0.5) is 0 Å². The molecule has 0 aliphatic heterocycles. The van der Waals surface area contributed by atoms with Crippen LogP contribution < -0.4 is 10.1 Å². The molecule has 0 unspecified atom stereocenters. The largest absolute Gasteiger partial charge is 0.482 e. The first kappa shape index (κ1) is 20.0. The van der Waals surface area contributed by atoms with Crippen LogP contribution in [0.2, 0.25) is 0 Å². The number of nitrogens with one attached hydrogen (secondary N) is 1. The molecule has 0 aliphatic rings. The molecule has 0 aromatic heterocycles. The second kappa shape index (κ2) is 10.6. The van der Waals surface area contributed by atoms with Crippen molar-refractivity contribution in [3.8, 4) is 11.8 Å². The molecule has 1 aromatic carbocycles. The highest BCUT2D eigenvalue weighted by Crippen LogP contribution is 2.11. The molecule has 0 saturated heterocycles. The lowest BCUT2D eigenvalue weighted by Gasteiger charge is -2.20. The molecule has 1 N–H and O–H groups in total. The Morgan fingerprint density at radius 3 is 2.40 bits per heavy atom. The Labute approximate surface area is 146 Å². The molecule has 25 heavy (non-hydrogen) atoms. The summed E-state index contributed by atoms with van der Waals surface area (Å²) < 4.78 is 10.1. The van der Waals surface area contributed by atoms with Crippen molar-refractivity contribution in [3.05, 3.63) is 29.8 Å². The van der Waals surface area contributed by atoms with Gasteiger partial charge in [-0.15, -0.1) is 0 Å². The maximum Gasteiger partial charge on any atom is 0.344 e. The van der Waals surface area contributed by atoms with Gasteiger partial charge >= 0.3 is 5.97 Å². The minimum absolute atomic E-state index is 0.0809. The normalized spacial score (nSPS) is 9.64. The number of ether oxygens (including phenoxy) is 2. The van der Waals surface area contributed by atoms with Crippen LogP contribution >= 0.6 is 0 Å². The summed E-state index contributed by atoms with van der Waals surface area (Å²) in [4.78, 5) is 36.4. The van der Waals surface area contributed by atoms with E-state index >= 15 is 0 Å². The van der Waals surface area contributed by atoms with E-state index in [0.717, 1.165) is 0 Å². The van der Waals surface area contributed by atoms with Crippen molar-refractivity contribution in [2.75, 3.05) is 32.8 Å². The number of rotatable bonds is 9. The summed E-state index contributed by atoms with van der Waals surface area (Å²) >= 11 is 0. The fraction of sp³-hybridized carbons (Fsp3) is 0.412. The van der Waals surface area contributed by atoms with Crippen LogP contribution in [0.3, 0.4) is 0 Å². The Bertz CT molecular complexity index is 637. The van der Waals surface area contributed by atoms with Crippen molar-refractivity contribution in [2.24, 2.45) is 0 Å². The summed E-state index contributed by atoms with van der Waals surface area (Å²) in [5.41, 5.74) is 0.479.